The highest BCUT2D eigenvalue weighted by molar-refractivity contribution is 6.05. The van der Waals surface area contributed by atoms with Crippen molar-refractivity contribution < 1.29 is 0 Å². The number of rotatable bonds is 0. The van der Waals surface area contributed by atoms with E-state index in [0.29, 0.717) is 0 Å². The summed E-state index contributed by atoms with van der Waals surface area (Å²) in [6.07, 6.45) is 0. The summed E-state index contributed by atoms with van der Waals surface area (Å²) in [4.78, 5) is 0. The molecule has 0 heteroatoms. The molecule has 5 aromatic carbocycles. The molecule has 0 amide bonds. The molecular weight excluding hydrogens is 336 g/mol. The molecule has 28 heavy (non-hydrogen) atoms. The van der Waals surface area contributed by atoms with Crippen LogP contribution in [0.5, 0.6) is 0 Å². The van der Waals surface area contributed by atoms with Crippen molar-refractivity contribution in [2.45, 2.75) is 27.7 Å². The van der Waals surface area contributed by atoms with Gasteiger partial charge in [-0.05, 0) is 71.1 Å². The second kappa shape index (κ2) is 7.48. The fourth-order valence-corrected chi connectivity index (χ4v) is 4.05. The van der Waals surface area contributed by atoms with Gasteiger partial charge < -0.3 is 0 Å². The second-order valence-electron chi connectivity index (χ2n) is 7.70. The van der Waals surface area contributed by atoms with Gasteiger partial charge in [0.05, 0.1) is 0 Å². The summed E-state index contributed by atoms with van der Waals surface area (Å²) in [7, 11) is 0. The van der Waals surface area contributed by atoms with Crippen molar-refractivity contribution in [2.24, 2.45) is 0 Å². The van der Waals surface area contributed by atoms with Gasteiger partial charge in [0.1, 0.15) is 0 Å². The third kappa shape index (κ3) is 3.39. The van der Waals surface area contributed by atoms with Gasteiger partial charge in [0.25, 0.3) is 0 Å². The molecule has 0 aliphatic carbocycles. The Morgan fingerprint density at radius 3 is 1.04 bits per heavy atom. The van der Waals surface area contributed by atoms with E-state index in [0.717, 1.165) is 0 Å². The largest absolute Gasteiger partial charge is 0.0616 e. The van der Waals surface area contributed by atoms with Gasteiger partial charge in [0.15, 0.2) is 0 Å². The highest BCUT2D eigenvalue weighted by atomic mass is 14.1. The lowest BCUT2D eigenvalue weighted by atomic mass is 9.93. The summed E-state index contributed by atoms with van der Waals surface area (Å²) in [6, 6.07) is 30.4. The highest BCUT2D eigenvalue weighted by Gasteiger charge is 2.06. The first-order valence-corrected chi connectivity index (χ1v) is 9.88. The predicted octanol–water partition coefficient (Wildman–Crippen LogP) is 8.07. The number of fused-ring (bicyclic) bond motifs is 3. The minimum atomic E-state index is 1.33. The van der Waals surface area contributed by atoms with Gasteiger partial charge in [0, 0.05) is 0 Å². The van der Waals surface area contributed by atoms with Gasteiger partial charge >= 0.3 is 0 Å². The molecular formula is C28H26. The molecule has 0 nitrogen and oxygen atoms in total. The van der Waals surface area contributed by atoms with E-state index >= 15 is 0 Å². The molecule has 0 aliphatic heterocycles. The third-order valence-electron chi connectivity index (χ3n) is 5.62. The van der Waals surface area contributed by atoms with Crippen LogP contribution in [0, 0.1) is 27.7 Å². The Kier molecular flexibility index (Phi) is 4.88. The van der Waals surface area contributed by atoms with Gasteiger partial charge in [-0.25, -0.2) is 0 Å². The van der Waals surface area contributed by atoms with Gasteiger partial charge in [-0.2, -0.15) is 0 Å². The number of benzene rings is 5. The van der Waals surface area contributed by atoms with Gasteiger partial charge in [-0.1, -0.05) is 96.1 Å². The molecule has 0 saturated heterocycles. The van der Waals surface area contributed by atoms with Crippen LogP contribution in [0.1, 0.15) is 22.3 Å². The van der Waals surface area contributed by atoms with Gasteiger partial charge in [-0.3, -0.25) is 0 Å². The first kappa shape index (κ1) is 18.3. The molecule has 5 rings (SSSR count). The summed E-state index contributed by atoms with van der Waals surface area (Å²) in [5.74, 6) is 0. The van der Waals surface area contributed by atoms with Crippen molar-refractivity contribution in [3.8, 4) is 0 Å². The second-order valence-corrected chi connectivity index (χ2v) is 7.70. The maximum Gasteiger partial charge on any atom is -0.0146 e. The average molecular weight is 363 g/mol. The van der Waals surface area contributed by atoms with E-state index in [1.54, 1.807) is 0 Å². The lowest BCUT2D eigenvalue weighted by Gasteiger charge is -2.11. The Labute approximate surface area is 167 Å². The molecule has 0 N–H and O–H groups in total. The van der Waals surface area contributed by atoms with Crippen LogP contribution in [0.15, 0.2) is 84.9 Å². The highest BCUT2D eigenvalue weighted by Crippen LogP contribution is 2.31. The zero-order valence-corrected chi connectivity index (χ0v) is 17.1. The lowest BCUT2D eigenvalue weighted by molar-refractivity contribution is 1.47. The molecule has 0 bridgehead atoms. The lowest BCUT2D eigenvalue weighted by Crippen LogP contribution is -1.87. The van der Waals surface area contributed by atoms with Gasteiger partial charge in [-0.15, -0.1) is 0 Å². The molecule has 0 aliphatic rings. The molecule has 0 heterocycles. The smallest absolute Gasteiger partial charge is 0.0146 e. The van der Waals surface area contributed by atoms with E-state index in [9.17, 15) is 0 Å². The van der Waals surface area contributed by atoms with E-state index in [1.807, 2.05) is 0 Å². The van der Waals surface area contributed by atoms with Crippen LogP contribution in [-0.2, 0) is 0 Å². The molecule has 0 unspecified atom stereocenters. The Morgan fingerprint density at radius 2 is 0.714 bits per heavy atom. The van der Waals surface area contributed by atoms with Crippen molar-refractivity contribution in [3.05, 3.63) is 107 Å². The van der Waals surface area contributed by atoms with Crippen molar-refractivity contribution in [2.75, 3.05) is 0 Å². The minimum Gasteiger partial charge on any atom is -0.0616 e. The monoisotopic (exact) mass is 362 g/mol. The summed E-state index contributed by atoms with van der Waals surface area (Å²) in [6.45, 7) is 8.67. The first-order chi connectivity index (χ1) is 13.5. The average Bonchev–Trinajstić information content (AvgIpc) is 2.73. The van der Waals surface area contributed by atoms with Crippen LogP contribution in [0.25, 0.3) is 32.3 Å². The summed E-state index contributed by atoms with van der Waals surface area (Å²) in [5, 5.41) is 8.16. The zero-order chi connectivity index (χ0) is 19.7. The maximum absolute atomic E-state index is 2.22. The molecule has 0 radical (unpaired) electrons. The molecule has 0 spiro atoms. The summed E-state index contributed by atoms with van der Waals surface area (Å²) < 4.78 is 0. The topological polar surface area (TPSA) is 0 Å². The molecule has 0 aromatic heterocycles. The standard InChI is InChI=1S/C16H14.C12H12/c1-11-13-7-3-5-9-15(13)12(2)16-10-6-4-8-14(11)16;1-9-3-5-12-8-10(2)4-6-11(12)7-9/h3-10H,1-2H3;3-8H,1-2H3. The van der Waals surface area contributed by atoms with Crippen LogP contribution >= 0.6 is 0 Å². The van der Waals surface area contributed by atoms with E-state index in [1.165, 1.54) is 54.6 Å². The molecule has 138 valence electrons. The third-order valence-corrected chi connectivity index (χ3v) is 5.62. The Hall–Kier alpha value is -3.12. The van der Waals surface area contributed by atoms with Crippen LogP contribution in [0.2, 0.25) is 0 Å². The van der Waals surface area contributed by atoms with E-state index in [2.05, 4.69) is 113 Å². The fourth-order valence-electron chi connectivity index (χ4n) is 4.05. The number of hydrogen-bond donors (Lipinski definition) is 0. The SMILES string of the molecule is Cc1c2ccccc2c(C)c2ccccc12.Cc1ccc2cc(C)ccc2c1. The van der Waals surface area contributed by atoms with Crippen molar-refractivity contribution in [1.82, 2.24) is 0 Å². The quantitative estimate of drug-likeness (QED) is 0.244. The maximum atomic E-state index is 2.22. The van der Waals surface area contributed by atoms with E-state index in [4.69, 9.17) is 0 Å². The van der Waals surface area contributed by atoms with Gasteiger partial charge in [0.2, 0.25) is 0 Å². The van der Waals surface area contributed by atoms with E-state index in [-0.39, 0.29) is 0 Å². The van der Waals surface area contributed by atoms with Crippen LogP contribution in [0.4, 0.5) is 0 Å². The molecule has 0 saturated carbocycles. The Morgan fingerprint density at radius 1 is 0.393 bits per heavy atom. The van der Waals surface area contributed by atoms with Crippen molar-refractivity contribution in [1.29, 1.82) is 0 Å². The van der Waals surface area contributed by atoms with E-state index < -0.39 is 0 Å². The minimum absolute atomic E-state index is 1.33. The zero-order valence-electron chi connectivity index (χ0n) is 17.1. The van der Waals surface area contributed by atoms with Crippen molar-refractivity contribution >= 4 is 32.3 Å². The molecule has 5 aromatic rings. The molecule has 0 fully saturated rings. The first-order valence-electron chi connectivity index (χ1n) is 9.88. The number of aryl methyl sites for hydroxylation is 4. The van der Waals surface area contributed by atoms with Crippen LogP contribution in [-0.4, -0.2) is 0 Å². The summed E-state index contributed by atoms with van der Waals surface area (Å²) >= 11 is 0. The molecule has 0 atom stereocenters. The summed E-state index contributed by atoms with van der Waals surface area (Å²) in [5.41, 5.74) is 5.42. The van der Waals surface area contributed by atoms with Crippen LogP contribution in [0.3, 0.4) is 0 Å². The van der Waals surface area contributed by atoms with Crippen molar-refractivity contribution in [3.63, 3.8) is 0 Å². The number of hydrogen-bond acceptors (Lipinski definition) is 0. The Balaban J connectivity index is 0.000000143. The van der Waals surface area contributed by atoms with Crippen LogP contribution < -0.4 is 0 Å². The normalized spacial score (nSPS) is 10.9. The fraction of sp³-hybridized carbons (Fsp3) is 0.143. The predicted molar refractivity (Wildman–Crippen MR) is 124 cm³/mol. The Bertz CT molecular complexity index is 1130.